The van der Waals surface area contributed by atoms with Crippen LogP contribution in [-0.2, 0) is 0 Å². The van der Waals surface area contributed by atoms with Gasteiger partial charge in [-0.25, -0.2) is 9.78 Å². The second-order valence-corrected chi connectivity index (χ2v) is 2.78. The lowest BCUT2D eigenvalue weighted by Crippen LogP contribution is -1.94. The second kappa shape index (κ2) is 2.95. The standard InChI is InChI=1S/C9H6N2O3/c12-4-8-10-6-2-1-5(9(13)14)3-7(6)11-8/h1-4H,(H,10,11)(H,13,14). The van der Waals surface area contributed by atoms with E-state index in [2.05, 4.69) is 9.97 Å². The molecule has 2 aromatic rings. The van der Waals surface area contributed by atoms with Gasteiger partial charge in [-0.05, 0) is 18.2 Å². The number of carboxylic acids is 1. The van der Waals surface area contributed by atoms with Crippen LogP contribution in [0, 0.1) is 0 Å². The Morgan fingerprint density at radius 1 is 1.50 bits per heavy atom. The maximum atomic E-state index is 10.6. The normalized spacial score (nSPS) is 10.3. The van der Waals surface area contributed by atoms with Crippen LogP contribution in [0.1, 0.15) is 21.0 Å². The van der Waals surface area contributed by atoms with Gasteiger partial charge in [0.2, 0.25) is 0 Å². The van der Waals surface area contributed by atoms with Crippen LogP contribution < -0.4 is 0 Å². The zero-order chi connectivity index (χ0) is 10.1. The molecule has 0 spiro atoms. The van der Waals surface area contributed by atoms with E-state index in [1.807, 2.05) is 0 Å². The van der Waals surface area contributed by atoms with Crippen LogP contribution in [0.4, 0.5) is 0 Å². The van der Waals surface area contributed by atoms with Crippen LogP contribution >= 0.6 is 0 Å². The number of nitrogens with zero attached hydrogens (tertiary/aromatic N) is 1. The predicted octanol–water partition coefficient (Wildman–Crippen LogP) is 1.07. The number of nitrogens with one attached hydrogen (secondary N) is 1. The number of carboxylic acid groups (broad SMARTS) is 1. The number of hydrogen-bond donors (Lipinski definition) is 2. The number of carbonyl (C=O) groups excluding carboxylic acids is 1. The zero-order valence-corrected chi connectivity index (χ0v) is 7.02. The van der Waals surface area contributed by atoms with Gasteiger partial charge in [0.1, 0.15) is 0 Å². The number of fused-ring (bicyclic) bond motifs is 1. The van der Waals surface area contributed by atoms with E-state index < -0.39 is 5.97 Å². The van der Waals surface area contributed by atoms with E-state index in [1.54, 1.807) is 6.07 Å². The fourth-order valence-electron chi connectivity index (χ4n) is 1.22. The van der Waals surface area contributed by atoms with Crippen molar-refractivity contribution in [3.05, 3.63) is 29.6 Å². The first-order chi connectivity index (χ1) is 6.70. The Labute approximate surface area is 78.4 Å². The summed E-state index contributed by atoms with van der Waals surface area (Å²) in [7, 11) is 0. The molecule has 1 aromatic heterocycles. The fourth-order valence-corrected chi connectivity index (χ4v) is 1.22. The minimum atomic E-state index is -1.01. The van der Waals surface area contributed by atoms with Crippen LogP contribution in [0.3, 0.4) is 0 Å². The fraction of sp³-hybridized carbons (Fsp3) is 0. The lowest BCUT2D eigenvalue weighted by Gasteiger charge is -1.92. The van der Waals surface area contributed by atoms with Crippen molar-refractivity contribution in [3.8, 4) is 0 Å². The summed E-state index contributed by atoms with van der Waals surface area (Å²) < 4.78 is 0. The van der Waals surface area contributed by atoms with Crippen LogP contribution in [0.25, 0.3) is 11.0 Å². The third-order valence-electron chi connectivity index (χ3n) is 1.86. The van der Waals surface area contributed by atoms with E-state index in [0.29, 0.717) is 17.3 Å². The van der Waals surface area contributed by atoms with Gasteiger partial charge in [-0.1, -0.05) is 0 Å². The minimum absolute atomic E-state index is 0.165. The van der Waals surface area contributed by atoms with Crippen molar-refractivity contribution in [2.45, 2.75) is 0 Å². The molecule has 0 amide bonds. The van der Waals surface area contributed by atoms with Gasteiger partial charge in [-0.3, -0.25) is 4.79 Å². The molecule has 1 aromatic carbocycles. The summed E-state index contributed by atoms with van der Waals surface area (Å²) in [6, 6.07) is 4.44. The first-order valence-corrected chi connectivity index (χ1v) is 3.89. The molecular formula is C9H6N2O3. The molecule has 70 valence electrons. The highest BCUT2D eigenvalue weighted by atomic mass is 16.4. The number of aromatic nitrogens is 2. The average Bonchev–Trinajstić information content (AvgIpc) is 2.58. The molecule has 0 fully saturated rings. The number of benzene rings is 1. The molecule has 2 rings (SSSR count). The monoisotopic (exact) mass is 190 g/mol. The third-order valence-corrected chi connectivity index (χ3v) is 1.86. The van der Waals surface area contributed by atoms with Crippen molar-refractivity contribution >= 4 is 23.3 Å². The van der Waals surface area contributed by atoms with Gasteiger partial charge >= 0.3 is 5.97 Å². The lowest BCUT2D eigenvalue weighted by molar-refractivity contribution is 0.0697. The van der Waals surface area contributed by atoms with E-state index in [4.69, 9.17) is 5.11 Å². The molecule has 0 aliphatic heterocycles. The Morgan fingerprint density at radius 2 is 2.29 bits per heavy atom. The van der Waals surface area contributed by atoms with Crippen molar-refractivity contribution in [2.75, 3.05) is 0 Å². The number of hydrogen-bond acceptors (Lipinski definition) is 3. The molecule has 1 heterocycles. The Kier molecular flexibility index (Phi) is 1.78. The summed E-state index contributed by atoms with van der Waals surface area (Å²) in [5, 5.41) is 8.70. The van der Waals surface area contributed by atoms with Gasteiger partial charge in [0.15, 0.2) is 12.1 Å². The Morgan fingerprint density at radius 3 is 2.93 bits per heavy atom. The summed E-state index contributed by atoms with van der Waals surface area (Å²) in [5.74, 6) is -0.809. The van der Waals surface area contributed by atoms with Crippen molar-refractivity contribution in [3.63, 3.8) is 0 Å². The number of aromatic amines is 1. The highest BCUT2D eigenvalue weighted by Gasteiger charge is 2.06. The highest BCUT2D eigenvalue weighted by Crippen LogP contribution is 2.12. The highest BCUT2D eigenvalue weighted by molar-refractivity contribution is 5.93. The molecule has 14 heavy (non-hydrogen) atoms. The minimum Gasteiger partial charge on any atom is -0.478 e. The largest absolute Gasteiger partial charge is 0.478 e. The number of aromatic carboxylic acids is 1. The molecule has 0 unspecified atom stereocenters. The average molecular weight is 190 g/mol. The second-order valence-electron chi connectivity index (χ2n) is 2.78. The van der Waals surface area contributed by atoms with Crippen molar-refractivity contribution in [2.24, 2.45) is 0 Å². The van der Waals surface area contributed by atoms with Crippen molar-refractivity contribution in [1.29, 1.82) is 0 Å². The Hall–Kier alpha value is -2.17. The molecule has 0 aliphatic carbocycles. The quantitative estimate of drug-likeness (QED) is 0.694. The molecular weight excluding hydrogens is 184 g/mol. The first kappa shape index (κ1) is 8.43. The molecule has 0 radical (unpaired) electrons. The molecule has 0 bridgehead atoms. The Balaban J connectivity index is 2.65. The molecule has 0 saturated heterocycles. The van der Waals surface area contributed by atoms with E-state index in [9.17, 15) is 9.59 Å². The summed E-state index contributed by atoms with van der Waals surface area (Å²) in [4.78, 5) is 27.6. The van der Waals surface area contributed by atoms with E-state index >= 15 is 0 Å². The molecule has 5 heteroatoms. The first-order valence-electron chi connectivity index (χ1n) is 3.89. The van der Waals surface area contributed by atoms with E-state index in [0.717, 1.165) is 0 Å². The number of aldehydes is 1. The summed E-state index contributed by atoms with van der Waals surface area (Å²) in [6.45, 7) is 0. The van der Waals surface area contributed by atoms with Gasteiger partial charge in [-0.15, -0.1) is 0 Å². The van der Waals surface area contributed by atoms with Crippen molar-refractivity contribution < 1.29 is 14.7 Å². The van der Waals surface area contributed by atoms with Crippen molar-refractivity contribution in [1.82, 2.24) is 9.97 Å². The molecule has 5 nitrogen and oxygen atoms in total. The smallest absolute Gasteiger partial charge is 0.335 e. The van der Waals surface area contributed by atoms with Gasteiger partial charge in [0.05, 0.1) is 16.6 Å². The summed E-state index contributed by atoms with van der Waals surface area (Å²) in [6.07, 6.45) is 0.584. The van der Waals surface area contributed by atoms with Crippen LogP contribution in [-0.4, -0.2) is 27.3 Å². The van der Waals surface area contributed by atoms with Gasteiger partial charge in [0, 0.05) is 0 Å². The molecule has 0 aliphatic rings. The summed E-state index contributed by atoms with van der Waals surface area (Å²) >= 11 is 0. The Bertz CT molecular complexity index is 516. The number of H-pyrrole nitrogens is 1. The third kappa shape index (κ3) is 1.24. The SMILES string of the molecule is O=Cc1nc2ccc(C(=O)O)cc2[nH]1. The number of carbonyl (C=O) groups is 2. The van der Waals surface area contributed by atoms with Gasteiger partial charge in [-0.2, -0.15) is 0 Å². The summed E-state index contributed by atoms with van der Waals surface area (Å²) in [5.41, 5.74) is 1.29. The lowest BCUT2D eigenvalue weighted by atomic mass is 10.2. The maximum Gasteiger partial charge on any atom is 0.335 e. The molecule has 0 saturated carbocycles. The predicted molar refractivity (Wildman–Crippen MR) is 48.4 cm³/mol. The maximum absolute atomic E-state index is 10.6. The molecule has 0 atom stereocenters. The van der Waals surface area contributed by atoms with Crippen LogP contribution in [0.15, 0.2) is 18.2 Å². The zero-order valence-electron chi connectivity index (χ0n) is 7.02. The van der Waals surface area contributed by atoms with Crippen LogP contribution in [0.5, 0.6) is 0 Å². The topological polar surface area (TPSA) is 83.1 Å². The van der Waals surface area contributed by atoms with Gasteiger partial charge in [0.25, 0.3) is 0 Å². The van der Waals surface area contributed by atoms with E-state index in [-0.39, 0.29) is 11.4 Å². The molecule has 2 N–H and O–H groups in total. The number of rotatable bonds is 2. The van der Waals surface area contributed by atoms with E-state index in [1.165, 1.54) is 12.1 Å². The van der Waals surface area contributed by atoms with Gasteiger partial charge < -0.3 is 10.1 Å². The number of imidazole rings is 1. The van der Waals surface area contributed by atoms with Crippen LogP contribution in [0.2, 0.25) is 0 Å².